The first-order chi connectivity index (χ1) is 16.1. The standard InChI is InChI=1S/C25H18O9/c1-3-4-15-25(2,34-15)16-9-14(28)18-10(8-17(29)30)7-11-19(24(18)33-16)23(32)21-13(27)6-5-12(26)20(21)22(11)31/h3-7,9,15,26-27H,8H2,1-2H3,(H,29,30)/t15-,25+/m1/s1. The second kappa shape index (κ2) is 7.13. The molecule has 1 fully saturated rings. The predicted molar refractivity (Wildman–Crippen MR) is 117 cm³/mol. The average molecular weight is 462 g/mol. The van der Waals surface area contributed by atoms with Crippen molar-refractivity contribution in [2.24, 2.45) is 0 Å². The molecule has 9 heteroatoms. The van der Waals surface area contributed by atoms with Gasteiger partial charge in [0.2, 0.25) is 5.78 Å². The number of epoxide rings is 1. The number of aromatic hydroxyl groups is 2. The normalized spacial score (nSPS) is 21.1. The van der Waals surface area contributed by atoms with E-state index >= 15 is 0 Å². The van der Waals surface area contributed by atoms with Crippen LogP contribution in [0.5, 0.6) is 11.5 Å². The fraction of sp³-hybridized carbons (Fsp3) is 0.200. The molecule has 9 nitrogen and oxygen atoms in total. The third-order valence-corrected chi connectivity index (χ3v) is 6.23. The number of phenols is 2. The molecule has 34 heavy (non-hydrogen) atoms. The number of ketones is 2. The predicted octanol–water partition coefficient (Wildman–Crippen LogP) is 2.80. The van der Waals surface area contributed by atoms with Crippen molar-refractivity contribution in [2.45, 2.75) is 32.0 Å². The Morgan fingerprint density at radius 2 is 1.71 bits per heavy atom. The lowest BCUT2D eigenvalue weighted by molar-refractivity contribution is -0.136. The number of hydrogen-bond acceptors (Lipinski definition) is 8. The van der Waals surface area contributed by atoms with E-state index in [-0.39, 0.29) is 39.5 Å². The van der Waals surface area contributed by atoms with Crippen molar-refractivity contribution in [3.63, 3.8) is 0 Å². The molecule has 172 valence electrons. The minimum absolute atomic E-state index is 0.0161. The second-order valence-corrected chi connectivity index (χ2v) is 8.39. The minimum Gasteiger partial charge on any atom is -0.507 e. The van der Waals surface area contributed by atoms with E-state index in [1.165, 1.54) is 6.07 Å². The highest BCUT2D eigenvalue weighted by Gasteiger charge is 2.55. The number of benzene rings is 2. The first-order valence-corrected chi connectivity index (χ1v) is 10.4. The van der Waals surface area contributed by atoms with Crippen LogP contribution >= 0.6 is 0 Å². The van der Waals surface area contributed by atoms with E-state index in [1.807, 2.05) is 0 Å². The SMILES string of the molecule is CC=C[C@H]1O[C@]1(C)c1cc(=O)c2c(CC(=O)O)cc3c(c2o1)C(=O)c1c(O)ccc(O)c1C3=O. The van der Waals surface area contributed by atoms with Gasteiger partial charge >= 0.3 is 5.97 Å². The molecule has 2 heterocycles. The highest BCUT2D eigenvalue weighted by atomic mass is 16.6. The number of ether oxygens (including phenoxy) is 1. The Labute approximate surface area is 191 Å². The molecule has 1 aliphatic carbocycles. The molecule has 3 N–H and O–H groups in total. The monoisotopic (exact) mass is 462 g/mol. The number of fused-ring (bicyclic) bond motifs is 4. The van der Waals surface area contributed by atoms with E-state index in [0.29, 0.717) is 0 Å². The Morgan fingerprint density at radius 3 is 2.32 bits per heavy atom. The number of carboxylic acid groups (broad SMARTS) is 1. The van der Waals surface area contributed by atoms with Crippen LogP contribution in [0.1, 0.15) is 57.0 Å². The molecule has 1 saturated heterocycles. The van der Waals surface area contributed by atoms with E-state index in [0.717, 1.165) is 18.2 Å². The summed E-state index contributed by atoms with van der Waals surface area (Å²) < 4.78 is 11.7. The second-order valence-electron chi connectivity index (χ2n) is 8.39. The van der Waals surface area contributed by atoms with Crippen LogP contribution in [0.2, 0.25) is 0 Å². The molecule has 0 amide bonds. The van der Waals surface area contributed by atoms with E-state index in [1.54, 1.807) is 26.0 Å². The molecule has 2 aliphatic rings. The van der Waals surface area contributed by atoms with Gasteiger partial charge in [-0.3, -0.25) is 19.2 Å². The molecule has 3 aromatic rings. The molecule has 5 rings (SSSR count). The molecule has 2 aromatic carbocycles. The summed E-state index contributed by atoms with van der Waals surface area (Å²) in [4.78, 5) is 51.5. The number of aliphatic carboxylic acids is 1. The van der Waals surface area contributed by atoms with Crippen LogP contribution in [0.4, 0.5) is 0 Å². The molecular formula is C25H18O9. The van der Waals surface area contributed by atoms with Gasteiger partial charge in [0, 0.05) is 11.6 Å². The van der Waals surface area contributed by atoms with Crippen LogP contribution in [-0.4, -0.2) is 39.0 Å². The van der Waals surface area contributed by atoms with Crippen molar-refractivity contribution in [1.82, 2.24) is 0 Å². The molecule has 0 unspecified atom stereocenters. The Hall–Kier alpha value is -4.24. The summed E-state index contributed by atoms with van der Waals surface area (Å²) in [7, 11) is 0. The Morgan fingerprint density at radius 1 is 1.06 bits per heavy atom. The van der Waals surface area contributed by atoms with Gasteiger partial charge in [0.25, 0.3) is 0 Å². The van der Waals surface area contributed by atoms with Gasteiger partial charge in [-0.1, -0.05) is 12.2 Å². The maximum absolute atomic E-state index is 13.5. The van der Waals surface area contributed by atoms with Gasteiger partial charge in [-0.2, -0.15) is 0 Å². The van der Waals surface area contributed by atoms with Gasteiger partial charge in [0.15, 0.2) is 16.8 Å². The van der Waals surface area contributed by atoms with Crippen molar-refractivity contribution in [2.75, 3.05) is 0 Å². The van der Waals surface area contributed by atoms with Crippen molar-refractivity contribution in [1.29, 1.82) is 0 Å². The summed E-state index contributed by atoms with van der Waals surface area (Å²) in [6.45, 7) is 3.50. The highest BCUT2D eigenvalue weighted by molar-refractivity contribution is 6.33. The number of carboxylic acids is 1. The van der Waals surface area contributed by atoms with Crippen molar-refractivity contribution < 1.29 is 38.9 Å². The quantitative estimate of drug-likeness (QED) is 0.236. The lowest BCUT2D eigenvalue weighted by Crippen LogP contribution is -2.24. The maximum atomic E-state index is 13.5. The molecule has 0 bridgehead atoms. The summed E-state index contributed by atoms with van der Waals surface area (Å²) in [5.74, 6) is -3.83. The average Bonchev–Trinajstić information content (AvgIpc) is 3.43. The number of phenolic OH excluding ortho intramolecular Hbond substituents is 2. The zero-order valence-corrected chi connectivity index (χ0v) is 18.0. The van der Waals surface area contributed by atoms with Crippen molar-refractivity contribution in [3.05, 3.63) is 80.2 Å². The maximum Gasteiger partial charge on any atom is 0.307 e. The Balaban J connectivity index is 1.87. The van der Waals surface area contributed by atoms with Crippen LogP contribution < -0.4 is 5.43 Å². The third kappa shape index (κ3) is 2.90. The van der Waals surface area contributed by atoms with Gasteiger partial charge < -0.3 is 24.5 Å². The zero-order chi connectivity index (χ0) is 24.5. The fourth-order valence-electron chi connectivity index (χ4n) is 4.49. The van der Waals surface area contributed by atoms with Crippen molar-refractivity contribution in [3.8, 4) is 11.5 Å². The number of carbonyl (C=O) groups excluding carboxylic acids is 2. The smallest absolute Gasteiger partial charge is 0.307 e. The largest absolute Gasteiger partial charge is 0.507 e. The molecule has 1 aliphatic heterocycles. The number of rotatable bonds is 4. The van der Waals surface area contributed by atoms with E-state index in [9.17, 15) is 34.5 Å². The highest BCUT2D eigenvalue weighted by Crippen LogP contribution is 2.48. The lowest BCUT2D eigenvalue weighted by Gasteiger charge is -2.21. The zero-order valence-electron chi connectivity index (χ0n) is 18.0. The molecule has 2 atom stereocenters. The van der Waals surface area contributed by atoms with E-state index < -0.39 is 57.6 Å². The molecule has 0 spiro atoms. The topological polar surface area (TPSA) is 155 Å². The molecule has 0 saturated carbocycles. The summed E-state index contributed by atoms with van der Waals surface area (Å²) in [6, 6.07) is 4.51. The number of allylic oxidation sites excluding steroid dienone is 1. The van der Waals surface area contributed by atoms with Crippen LogP contribution in [0.3, 0.4) is 0 Å². The Bertz CT molecular complexity index is 1540. The van der Waals surface area contributed by atoms with E-state index in [2.05, 4.69) is 0 Å². The minimum atomic E-state index is -1.26. The summed E-state index contributed by atoms with van der Waals surface area (Å²) in [5.41, 5.74) is -3.20. The van der Waals surface area contributed by atoms with Crippen molar-refractivity contribution >= 4 is 28.5 Å². The molecular weight excluding hydrogens is 444 g/mol. The van der Waals surface area contributed by atoms with Gasteiger partial charge in [0.1, 0.15) is 28.9 Å². The first kappa shape index (κ1) is 21.6. The van der Waals surface area contributed by atoms with Crippen LogP contribution in [0.15, 0.2) is 45.6 Å². The fourth-order valence-corrected chi connectivity index (χ4v) is 4.49. The van der Waals surface area contributed by atoms with Crippen LogP contribution in [-0.2, 0) is 21.6 Å². The van der Waals surface area contributed by atoms with Gasteiger partial charge in [-0.05, 0) is 37.6 Å². The van der Waals surface area contributed by atoms with Gasteiger partial charge in [0.05, 0.1) is 28.5 Å². The number of carbonyl (C=O) groups is 3. The lowest BCUT2D eigenvalue weighted by atomic mass is 9.80. The summed E-state index contributed by atoms with van der Waals surface area (Å²) in [6.07, 6.45) is 2.56. The van der Waals surface area contributed by atoms with E-state index in [4.69, 9.17) is 9.15 Å². The Kier molecular flexibility index (Phi) is 4.53. The summed E-state index contributed by atoms with van der Waals surface area (Å²) in [5, 5.41) is 29.8. The first-order valence-electron chi connectivity index (χ1n) is 10.4. The molecule has 1 aromatic heterocycles. The van der Waals surface area contributed by atoms with Gasteiger partial charge in [-0.15, -0.1) is 0 Å². The number of hydrogen-bond donors (Lipinski definition) is 3. The van der Waals surface area contributed by atoms with Crippen LogP contribution in [0.25, 0.3) is 11.0 Å². The molecule has 0 radical (unpaired) electrons. The summed E-state index contributed by atoms with van der Waals surface area (Å²) >= 11 is 0. The van der Waals surface area contributed by atoms with Crippen LogP contribution in [0, 0.1) is 0 Å². The van der Waals surface area contributed by atoms with Gasteiger partial charge in [-0.25, -0.2) is 0 Å². The third-order valence-electron chi connectivity index (χ3n) is 6.23.